The van der Waals surface area contributed by atoms with Crippen molar-refractivity contribution in [2.45, 2.75) is 20.0 Å². The van der Waals surface area contributed by atoms with Crippen molar-refractivity contribution in [2.24, 2.45) is 0 Å². The van der Waals surface area contributed by atoms with Crippen LogP contribution < -0.4 is 15.1 Å². The van der Waals surface area contributed by atoms with Gasteiger partial charge in [-0.15, -0.1) is 0 Å². The quantitative estimate of drug-likeness (QED) is 0.748. The number of ether oxygens (including phenoxy) is 1. The summed E-state index contributed by atoms with van der Waals surface area (Å²) in [7, 11) is -2.22. The molecular weight excluding hydrogens is 391 g/mol. The summed E-state index contributed by atoms with van der Waals surface area (Å²) >= 11 is 0. The van der Waals surface area contributed by atoms with Gasteiger partial charge in [-0.1, -0.05) is 6.92 Å². The second-order valence-electron chi connectivity index (χ2n) is 7.12. The van der Waals surface area contributed by atoms with Crippen LogP contribution in [0.1, 0.15) is 13.8 Å². The third-order valence-electron chi connectivity index (χ3n) is 5.21. The van der Waals surface area contributed by atoms with Crippen molar-refractivity contribution in [3.8, 4) is 0 Å². The maximum Gasteiger partial charge on any atom is 0.414 e. The van der Waals surface area contributed by atoms with Crippen LogP contribution in [0.5, 0.6) is 0 Å². The fraction of sp³-hybridized carbons (Fsp3) is 0.556. The number of carbonyl (C=O) groups excluding carboxylic acids is 2. The Kier molecular flexibility index (Phi) is 5.93. The molecule has 3 rings (SSSR count). The largest absolute Gasteiger partial charge is 0.442 e. The lowest BCUT2D eigenvalue weighted by Gasteiger charge is -2.34. The molecule has 7 nitrogen and oxygen atoms in total. The summed E-state index contributed by atoms with van der Waals surface area (Å²) in [5.74, 6) is -1.81. The van der Waals surface area contributed by atoms with Crippen molar-refractivity contribution in [2.75, 3.05) is 54.5 Å². The lowest BCUT2D eigenvalue weighted by atomic mass is 10.2. The van der Waals surface area contributed by atoms with Crippen LogP contribution in [-0.2, 0) is 14.1 Å². The molecule has 2 fully saturated rings. The molecule has 2 amide bonds. The molecule has 0 spiro atoms. The van der Waals surface area contributed by atoms with Crippen molar-refractivity contribution in [3.63, 3.8) is 0 Å². The Balaban J connectivity index is 1.75. The van der Waals surface area contributed by atoms with Gasteiger partial charge in [0.1, 0.15) is 11.8 Å². The molecule has 2 aliphatic heterocycles. The predicted molar refractivity (Wildman–Crippen MR) is 103 cm³/mol. The summed E-state index contributed by atoms with van der Waals surface area (Å²) < 4.78 is 47.0. The third-order valence-corrected chi connectivity index (χ3v) is 8.40. The molecule has 0 radical (unpaired) electrons. The lowest BCUT2D eigenvalue weighted by molar-refractivity contribution is -0.119. The topological polar surface area (TPSA) is 79.0 Å². The number of nitrogens with zero attached hydrogens (tertiary/aromatic N) is 2. The first-order chi connectivity index (χ1) is 13.2. The highest BCUT2D eigenvalue weighted by Gasteiger charge is 2.34. The molecule has 1 aromatic carbocycles. The molecule has 0 bridgehead atoms. The number of carbonyl (C=O) groups is 2. The minimum atomic E-state index is -2.22. The van der Waals surface area contributed by atoms with E-state index in [1.165, 1.54) is 6.92 Å². The Morgan fingerprint density at radius 1 is 1.29 bits per heavy atom. The highest BCUT2D eigenvalue weighted by atomic mass is 31.2. The predicted octanol–water partition coefficient (Wildman–Crippen LogP) is 2.63. The highest BCUT2D eigenvalue weighted by molar-refractivity contribution is 7.64. The summed E-state index contributed by atoms with van der Waals surface area (Å²) in [5.41, 5.74) is -0.0984. The highest BCUT2D eigenvalue weighted by Crippen LogP contribution is 2.47. The second-order valence-corrected chi connectivity index (χ2v) is 10.8. The first-order valence-electron chi connectivity index (χ1n) is 9.26. The number of cyclic esters (lactones) is 1. The standard InChI is InChI=1S/C18H24F2N3O4P/c1-3-28(26)6-4-22(5-7-28)17-15(19)8-13(9-16(17)20)23-11-14(27-18(23)25)10-21-12(2)24/h8-9,14H,3-7,10-11H2,1-2H3,(H,21,24)/t14-/m0/s1. The summed E-state index contributed by atoms with van der Waals surface area (Å²) in [6.45, 7) is 4.11. The average molecular weight is 415 g/mol. The van der Waals surface area contributed by atoms with Gasteiger partial charge in [-0.05, 0) is 6.16 Å². The van der Waals surface area contributed by atoms with Crippen molar-refractivity contribution >= 4 is 30.5 Å². The van der Waals surface area contributed by atoms with Crippen molar-refractivity contribution in [1.82, 2.24) is 5.32 Å². The van der Waals surface area contributed by atoms with Crippen LogP contribution in [0.2, 0.25) is 0 Å². The summed E-state index contributed by atoms with van der Waals surface area (Å²) in [6, 6.07) is 2.21. The van der Waals surface area contributed by atoms with Crippen LogP contribution >= 0.6 is 7.14 Å². The number of rotatable bonds is 5. The summed E-state index contributed by atoms with van der Waals surface area (Å²) in [4.78, 5) is 25.7. The van der Waals surface area contributed by atoms with E-state index < -0.39 is 31.0 Å². The number of anilines is 2. The second kappa shape index (κ2) is 8.07. The number of benzene rings is 1. The Morgan fingerprint density at radius 2 is 1.89 bits per heavy atom. The van der Waals surface area contributed by atoms with Crippen LogP contribution in [-0.4, -0.2) is 62.8 Å². The van der Waals surface area contributed by atoms with Gasteiger partial charge in [0.15, 0.2) is 11.6 Å². The zero-order valence-corrected chi connectivity index (χ0v) is 16.8. The van der Waals surface area contributed by atoms with Crippen LogP contribution in [0.3, 0.4) is 0 Å². The van der Waals surface area contributed by atoms with E-state index in [0.717, 1.165) is 17.0 Å². The monoisotopic (exact) mass is 415 g/mol. The molecule has 154 valence electrons. The van der Waals surface area contributed by atoms with E-state index in [0.29, 0.717) is 31.6 Å². The fourth-order valence-corrected chi connectivity index (χ4v) is 5.54. The van der Waals surface area contributed by atoms with E-state index in [2.05, 4.69) is 5.32 Å². The molecule has 1 aromatic rings. The SMILES string of the molecule is CCP1(=O)CCN(c2c(F)cc(N3C[C@H](CNC(C)=O)OC3=O)cc2F)CC1. The van der Waals surface area contributed by atoms with Gasteiger partial charge in [-0.2, -0.15) is 0 Å². The molecule has 2 aliphatic rings. The number of halogens is 2. The maximum absolute atomic E-state index is 14.7. The lowest BCUT2D eigenvalue weighted by Crippen LogP contribution is -2.36. The first kappa shape index (κ1) is 20.6. The van der Waals surface area contributed by atoms with Gasteiger partial charge in [0.05, 0.1) is 25.9 Å². The molecule has 2 saturated heterocycles. The van der Waals surface area contributed by atoms with Gasteiger partial charge in [0.2, 0.25) is 5.91 Å². The van der Waals surface area contributed by atoms with Crippen LogP contribution in [0.4, 0.5) is 25.0 Å². The molecule has 2 heterocycles. The van der Waals surface area contributed by atoms with Gasteiger partial charge in [-0.3, -0.25) is 9.69 Å². The Morgan fingerprint density at radius 3 is 2.43 bits per heavy atom. The Bertz CT molecular complexity index is 800. The molecule has 1 N–H and O–H groups in total. The van der Waals surface area contributed by atoms with Gasteiger partial charge in [0, 0.05) is 44.5 Å². The van der Waals surface area contributed by atoms with Crippen molar-refractivity contribution in [3.05, 3.63) is 23.8 Å². The zero-order chi connectivity index (χ0) is 20.5. The van der Waals surface area contributed by atoms with E-state index in [1.54, 1.807) is 4.90 Å². The number of hydrogen-bond donors (Lipinski definition) is 1. The van der Waals surface area contributed by atoms with Gasteiger partial charge in [0.25, 0.3) is 0 Å². The number of nitrogens with one attached hydrogen (secondary N) is 1. The smallest absolute Gasteiger partial charge is 0.414 e. The van der Waals surface area contributed by atoms with E-state index in [9.17, 15) is 22.9 Å². The molecule has 0 saturated carbocycles. The zero-order valence-electron chi connectivity index (χ0n) is 15.9. The molecule has 0 aromatic heterocycles. The van der Waals surface area contributed by atoms with Gasteiger partial charge < -0.3 is 19.5 Å². The Labute approximate surface area is 162 Å². The minimum absolute atomic E-state index is 0.0605. The number of hydrogen-bond acceptors (Lipinski definition) is 5. The van der Waals surface area contributed by atoms with Crippen molar-refractivity contribution in [1.29, 1.82) is 0 Å². The molecule has 0 unspecified atom stereocenters. The Hall–Kier alpha value is -2.15. The third kappa shape index (κ3) is 4.29. The van der Waals surface area contributed by atoms with Gasteiger partial charge in [-0.25, -0.2) is 13.6 Å². The fourth-order valence-electron chi connectivity index (χ4n) is 3.48. The minimum Gasteiger partial charge on any atom is -0.442 e. The molecule has 1 atom stereocenters. The number of amides is 2. The maximum atomic E-state index is 14.7. The molecule has 0 aliphatic carbocycles. The van der Waals surface area contributed by atoms with E-state index in [-0.39, 0.29) is 30.4 Å². The van der Waals surface area contributed by atoms with E-state index in [1.807, 2.05) is 6.92 Å². The van der Waals surface area contributed by atoms with Crippen LogP contribution in [0.15, 0.2) is 12.1 Å². The van der Waals surface area contributed by atoms with Crippen molar-refractivity contribution < 1.29 is 27.7 Å². The summed E-state index contributed by atoms with van der Waals surface area (Å²) in [5, 5.41) is 2.55. The van der Waals surface area contributed by atoms with Crippen LogP contribution in [0, 0.1) is 11.6 Å². The van der Waals surface area contributed by atoms with Gasteiger partial charge >= 0.3 is 6.09 Å². The average Bonchev–Trinajstić information content (AvgIpc) is 3.02. The van der Waals surface area contributed by atoms with Crippen LogP contribution in [0.25, 0.3) is 0 Å². The molecular formula is C18H24F2N3O4P. The summed E-state index contributed by atoms with van der Waals surface area (Å²) in [6.07, 6.45) is 0.165. The van der Waals surface area contributed by atoms with E-state index >= 15 is 0 Å². The molecule has 28 heavy (non-hydrogen) atoms. The van der Waals surface area contributed by atoms with E-state index in [4.69, 9.17) is 4.74 Å². The normalized spacial score (nSPS) is 21.6. The first-order valence-corrected chi connectivity index (χ1v) is 11.5. The molecule has 10 heteroatoms.